The van der Waals surface area contributed by atoms with Crippen molar-refractivity contribution in [2.75, 3.05) is 6.54 Å². The molecule has 0 bridgehead atoms. The van der Waals surface area contributed by atoms with E-state index in [2.05, 4.69) is 0 Å². The van der Waals surface area contributed by atoms with Crippen LogP contribution < -0.4 is 0 Å². The normalized spacial score (nSPS) is 22.4. The molecule has 2 saturated heterocycles. The van der Waals surface area contributed by atoms with Crippen molar-refractivity contribution in [2.45, 2.75) is 34.8 Å². The predicted molar refractivity (Wildman–Crippen MR) is 96.6 cm³/mol. The van der Waals surface area contributed by atoms with Gasteiger partial charge in [-0.05, 0) is 54.3 Å². The molecule has 4 rings (SSSR count). The Morgan fingerprint density at radius 1 is 1.04 bits per heavy atom. The Hall–Kier alpha value is -2.16. The zero-order chi connectivity index (χ0) is 19.8. The molecule has 2 unspecified atom stereocenters. The van der Waals surface area contributed by atoms with Gasteiger partial charge >= 0.3 is 11.9 Å². The van der Waals surface area contributed by atoms with Gasteiger partial charge in [0.1, 0.15) is 11.6 Å². The summed E-state index contributed by atoms with van der Waals surface area (Å²) < 4.78 is 32.4. The first-order valence-corrected chi connectivity index (χ1v) is 9.72. The average molecular weight is 426 g/mol. The molecule has 0 saturated carbocycles. The number of ether oxygens (including phenoxy) is 1. The van der Waals surface area contributed by atoms with Crippen LogP contribution in [0.4, 0.5) is 8.78 Å². The number of rotatable bonds is 3. The molecule has 2 heterocycles. The van der Waals surface area contributed by atoms with Crippen LogP contribution in [0, 0.1) is 11.6 Å². The SMILES string of the molecule is O=C1OC2CC(c3cc(F)ccc3Sc3ccc(F)cc3Cl)CCN2OC1=O. The van der Waals surface area contributed by atoms with Crippen LogP contribution in [-0.4, -0.2) is 29.8 Å². The second-order valence-corrected chi connectivity index (χ2v) is 7.95. The molecule has 0 N–H and O–H groups in total. The van der Waals surface area contributed by atoms with Gasteiger partial charge in [0.2, 0.25) is 0 Å². The lowest BCUT2D eigenvalue weighted by Gasteiger charge is -2.39. The number of nitrogens with zero attached hydrogens (tertiary/aromatic N) is 1. The third-order valence-corrected chi connectivity index (χ3v) is 6.23. The molecule has 2 aliphatic rings. The van der Waals surface area contributed by atoms with Crippen LogP contribution in [-0.2, 0) is 19.2 Å². The van der Waals surface area contributed by atoms with E-state index in [9.17, 15) is 18.4 Å². The van der Waals surface area contributed by atoms with Crippen LogP contribution in [0.15, 0.2) is 46.2 Å². The van der Waals surface area contributed by atoms with Crippen molar-refractivity contribution in [3.05, 3.63) is 58.6 Å². The number of esters is 1. The predicted octanol–water partition coefficient (Wildman–Crippen LogP) is 4.29. The van der Waals surface area contributed by atoms with Crippen LogP contribution >= 0.6 is 23.4 Å². The van der Waals surface area contributed by atoms with E-state index in [0.717, 1.165) is 10.5 Å². The van der Waals surface area contributed by atoms with Crippen molar-refractivity contribution in [2.24, 2.45) is 0 Å². The monoisotopic (exact) mass is 425 g/mol. The molecule has 0 amide bonds. The van der Waals surface area contributed by atoms with E-state index in [-0.39, 0.29) is 16.8 Å². The van der Waals surface area contributed by atoms with Crippen LogP contribution in [0.3, 0.4) is 0 Å². The Bertz CT molecular complexity index is 958. The summed E-state index contributed by atoms with van der Waals surface area (Å²) in [7, 11) is 0. The molecule has 5 nitrogen and oxygen atoms in total. The van der Waals surface area contributed by atoms with E-state index >= 15 is 0 Å². The molecule has 2 aliphatic heterocycles. The molecule has 9 heteroatoms. The quantitative estimate of drug-likeness (QED) is 0.540. The van der Waals surface area contributed by atoms with Gasteiger partial charge < -0.3 is 9.57 Å². The number of hydrogen-bond acceptors (Lipinski definition) is 6. The standard InChI is InChI=1S/C19H14ClF2NO4S/c20-14-9-12(22)2-4-16(14)28-15-3-1-11(21)8-13(15)10-5-6-23-17(7-10)26-18(24)19(25)27-23/h1-4,8-10,17H,5-7H2. The van der Waals surface area contributed by atoms with Crippen molar-refractivity contribution < 1.29 is 27.9 Å². The van der Waals surface area contributed by atoms with E-state index < -0.39 is 24.0 Å². The number of piperidine rings is 1. The summed E-state index contributed by atoms with van der Waals surface area (Å²) in [5, 5.41) is 1.60. The Balaban J connectivity index is 1.60. The first-order valence-electron chi connectivity index (χ1n) is 8.52. The van der Waals surface area contributed by atoms with Gasteiger partial charge in [-0.1, -0.05) is 28.4 Å². The maximum Gasteiger partial charge on any atom is 0.436 e. The minimum atomic E-state index is -1.04. The number of benzene rings is 2. The summed E-state index contributed by atoms with van der Waals surface area (Å²) in [4.78, 5) is 29.2. The molecule has 0 radical (unpaired) electrons. The number of hydrogen-bond donors (Lipinski definition) is 0. The highest BCUT2D eigenvalue weighted by Crippen LogP contribution is 2.42. The van der Waals surface area contributed by atoms with Crippen molar-refractivity contribution in [1.82, 2.24) is 5.06 Å². The Morgan fingerprint density at radius 2 is 1.75 bits per heavy atom. The van der Waals surface area contributed by atoms with E-state index in [1.165, 1.54) is 41.1 Å². The number of carbonyl (C=O) groups excluding carboxylic acids is 2. The van der Waals surface area contributed by atoms with Gasteiger partial charge in [0, 0.05) is 22.8 Å². The van der Waals surface area contributed by atoms with Gasteiger partial charge in [-0.3, -0.25) is 0 Å². The highest BCUT2D eigenvalue weighted by atomic mass is 35.5. The summed E-state index contributed by atoms with van der Waals surface area (Å²) in [6.45, 7) is 0.353. The minimum absolute atomic E-state index is 0.122. The van der Waals surface area contributed by atoms with Crippen molar-refractivity contribution in [1.29, 1.82) is 0 Å². The summed E-state index contributed by atoms with van der Waals surface area (Å²) in [6.07, 6.45) is 0.224. The van der Waals surface area contributed by atoms with Gasteiger partial charge in [-0.2, -0.15) is 0 Å². The van der Waals surface area contributed by atoms with Gasteiger partial charge in [-0.15, -0.1) is 0 Å². The second kappa shape index (κ2) is 7.69. The fourth-order valence-corrected chi connectivity index (χ4v) is 4.61. The molecule has 146 valence electrons. The fraction of sp³-hybridized carbons (Fsp3) is 0.263. The van der Waals surface area contributed by atoms with Gasteiger partial charge in [0.25, 0.3) is 0 Å². The maximum absolute atomic E-state index is 14.0. The van der Waals surface area contributed by atoms with Crippen LogP contribution in [0.5, 0.6) is 0 Å². The first-order chi connectivity index (χ1) is 13.4. The molecule has 2 fully saturated rings. The number of halogens is 3. The molecule has 2 aromatic carbocycles. The first kappa shape index (κ1) is 19.2. The number of carbonyl (C=O) groups is 2. The van der Waals surface area contributed by atoms with E-state index in [0.29, 0.717) is 24.3 Å². The molecule has 2 atom stereocenters. The lowest BCUT2D eigenvalue weighted by molar-refractivity contribution is -0.275. The highest BCUT2D eigenvalue weighted by Gasteiger charge is 2.41. The lowest BCUT2D eigenvalue weighted by Crippen LogP contribution is -2.51. The van der Waals surface area contributed by atoms with E-state index in [4.69, 9.17) is 21.2 Å². The van der Waals surface area contributed by atoms with Crippen molar-refractivity contribution in [3.63, 3.8) is 0 Å². The molecule has 28 heavy (non-hydrogen) atoms. The Labute approximate surface area is 168 Å². The van der Waals surface area contributed by atoms with Crippen molar-refractivity contribution >= 4 is 35.3 Å². The topological polar surface area (TPSA) is 55.8 Å². The van der Waals surface area contributed by atoms with E-state index in [1.54, 1.807) is 12.1 Å². The van der Waals surface area contributed by atoms with Gasteiger partial charge in [-0.25, -0.2) is 18.4 Å². The zero-order valence-corrected chi connectivity index (χ0v) is 15.9. The van der Waals surface area contributed by atoms with E-state index in [1.807, 2.05) is 0 Å². The smallest absolute Gasteiger partial charge is 0.435 e. The van der Waals surface area contributed by atoms with Crippen molar-refractivity contribution in [3.8, 4) is 0 Å². The van der Waals surface area contributed by atoms with Crippen LogP contribution in [0.2, 0.25) is 5.02 Å². The summed E-state index contributed by atoms with van der Waals surface area (Å²) in [5.41, 5.74) is 0.734. The number of fused-ring (bicyclic) bond motifs is 1. The third kappa shape index (κ3) is 3.85. The molecular weight excluding hydrogens is 412 g/mol. The van der Waals surface area contributed by atoms with Crippen LogP contribution in [0.1, 0.15) is 24.3 Å². The fourth-order valence-electron chi connectivity index (χ4n) is 3.32. The summed E-state index contributed by atoms with van der Waals surface area (Å²) >= 11 is 7.43. The largest absolute Gasteiger partial charge is 0.436 e. The summed E-state index contributed by atoms with van der Waals surface area (Å²) in [5.74, 6) is -3.02. The molecule has 0 aromatic heterocycles. The summed E-state index contributed by atoms with van der Waals surface area (Å²) in [6, 6.07) is 8.54. The Morgan fingerprint density at radius 3 is 2.50 bits per heavy atom. The maximum atomic E-state index is 14.0. The molecular formula is C19H14ClF2NO4S. The molecule has 0 aliphatic carbocycles. The zero-order valence-electron chi connectivity index (χ0n) is 14.4. The molecule has 2 aromatic rings. The molecule has 0 spiro atoms. The number of hydroxylamine groups is 2. The third-order valence-electron chi connectivity index (χ3n) is 4.64. The van der Waals surface area contributed by atoms with Crippen LogP contribution in [0.25, 0.3) is 0 Å². The van der Waals surface area contributed by atoms with Gasteiger partial charge in [0.05, 0.1) is 5.02 Å². The highest BCUT2D eigenvalue weighted by molar-refractivity contribution is 7.99. The average Bonchev–Trinajstić information content (AvgIpc) is 2.66. The minimum Gasteiger partial charge on any atom is -0.435 e. The lowest BCUT2D eigenvalue weighted by atomic mass is 9.89. The second-order valence-electron chi connectivity index (χ2n) is 6.46. The Kier molecular flexibility index (Phi) is 5.27. The van der Waals surface area contributed by atoms with Gasteiger partial charge in [0.15, 0.2) is 6.23 Å².